The molecule has 4 N–H and O–H groups in total. The van der Waals surface area contributed by atoms with Gasteiger partial charge in [0.25, 0.3) is 0 Å². The first-order valence-corrected chi connectivity index (χ1v) is 35.3. The third kappa shape index (κ3) is 23.4. The first kappa shape index (κ1) is 78.9. The Hall–Kier alpha value is -5.53. The summed E-state index contributed by atoms with van der Waals surface area (Å²) in [4.78, 5) is 25.1. The molecule has 0 spiro atoms. The number of aromatic hydroxyl groups is 2. The topological polar surface area (TPSA) is 126 Å². The summed E-state index contributed by atoms with van der Waals surface area (Å²) < 4.78 is 20.7. The van der Waals surface area contributed by atoms with Gasteiger partial charge in [-0.05, 0) is 148 Å². The number of carbonyl (C=O) groups excluding carboxylic acids is 2. The second kappa shape index (κ2) is 30.0. The van der Waals surface area contributed by atoms with Crippen LogP contribution in [0, 0.1) is 0 Å². The van der Waals surface area contributed by atoms with E-state index in [1.165, 1.54) is 16.7 Å². The van der Waals surface area contributed by atoms with Gasteiger partial charge in [-0.25, -0.2) is 0 Å². The second-order valence-electron chi connectivity index (χ2n) is 36.3. The Kier molecular flexibility index (Phi) is 25.8. The Morgan fingerprint density at radius 1 is 0.326 bits per heavy atom. The van der Waals surface area contributed by atoms with Crippen molar-refractivity contribution in [2.24, 2.45) is 0 Å². The van der Waals surface area contributed by atoms with Crippen molar-refractivity contribution in [2.75, 3.05) is 13.1 Å². The summed E-state index contributed by atoms with van der Waals surface area (Å²) in [7, 11) is -1.89. The Balaban J connectivity index is 0.000000392. The molecular weight excluding hydrogens is 1160 g/mol. The van der Waals surface area contributed by atoms with E-state index in [2.05, 4.69) is 297 Å². The molecule has 0 bridgehead atoms. The number of nitrogens with one attached hydrogen (secondary N) is 2. The monoisotopic (exact) mass is 1280 g/mol. The molecule has 5 rings (SSSR count). The Bertz CT molecular complexity index is 2920. The molecule has 0 heterocycles. The minimum absolute atomic E-state index is 0.0170. The number of carbonyl (C=O) groups is 2. The standard InChI is InChI=1S/C42H63O3P.C40H64N2O4/c1-37(2,3)28-19-22-34(31(25-28)40(10,11)12)43-46(44-35-23-20-29(38(4,5)6)26-32(35)41(13,14)15)45-36-24-21-30(39(7,8)9)27-33(36)42(16,17)18;1-37(2,3)29-23-27(24-30(35(29)45)38(4,5)6)17-19-33(43)41-21-15-13-14-16-22-42-34(44)20-18-28-25-31(39(7,8)9)36(46)32(26-28)40(10,11)12/h19-27H,1-18H3;23-26,45-46H,13-22H2,1-12H3,(H,41,43)(H,42,44). The van der Waals surface area contributed by atoms with Crippen LogP contribution < -0.4 is 24.2 Å². The minimum atomic E-state index is -1.89. The van der Waals surface area contributed by atoms with Gasteiger partial charge in [0, 0.05) is 42.6 Å². The smallest absolute Gasteiger partial charge is 0.507 e. The van der Waals surface area contributed by atoms with Gasteiger partial charge in [0.1, 0.15) is 28.7 Å². The van der Waals surface area contributed by atoms with Crippen LogP contribution >= 0.6 is 8.60 Å². The summed E-state index contributed by atoms with van der Waals surface area (Å²) in [6.07, 6.45) is 5.93. The number of rotatable bonds is 19. The molecule has 512 valence electrons. The van der Waals surface area contributed by atoms with Crippen molar-refractivity contribution in [1.82, 2.24) is 10.6 Å². The van der Waals surface area contributed by atoms with Crippen molar-refractivity contribution in [2.45, 2.75) is 313 Å². The van der Waals surface area contributed by atoms with Crippen LogP contribution in [0.1, 0.15) is 313 Å². The van der Waals surface area contributed by atoms with Crippen LogP contribution in [0.3, 0.4) is 0 Å². The molecule has 92 heavy (non-hydrogen) atoms. The fraction of sp³-hybridized carbons (Fsp3) is 0.610. The highest BCUT2D eigenvalue weighted by atomic mass is 31.2. The summed E-state index contributed by atoms with van der Waals surface area (Å²) in [6.45, 7) is 66.9. The van der Waals surface area contributed by atoms with Gasteiger partial charge in [-0.1, -0.05) is 281 Å². The van der Waals surface area contributed by atoms with Crippen molar-refractivity contribution in [3.8, 4) is 28.7 Å². The number of hydrogen-bond donors (Lipinski definition) is 4. The number of aryl methyl sites for hydroxylation is 2. The summed E-state index contributed by atoms with van der Waals surface area (Å²) in [5, 5.41) is 28.0. The van der Waals surface area contributed by atoms with Crippen LogP contribution in [0.2, 0.25) is 0 Å². The summed E-state index contributed by atoms with van der Waals surface area (Å²) in [6, 6.07) is 27.9. The Labute approximate surface area is 562 Å². The average Bonchev–Trinajstić information content (AvgIpc) is 0.815. The summed E-state index contributed by atoms with van der Waals surface area (Å²) in [5.74, 6) is 3.20. The first-order valence-electron chi connectivity index (χ1n) is 34.2. The fourth-order valence-electron chi connectivity index (χ4n) is 11.0. The van der Waals surface area contributed by atoms with Crippen LogP contribution in [0.15, 0.2) is 78.9 Å². The summed E-state index contributed by atoms with van der Waals surface area (Å²) >= 11 is 0. The minimum Gasteiger partial charge on any atom is -0.507 e. The third-order valence-electron chi connectivity index (χ3n) is 17.1. The molecule has 9 nitrogen and oxygen atoms in total. The molecule has 0 atom stereocenters. The average molecular weight is 1280 g/mol. The maximum Gasteiger partial charge on any atom is 0.530 e. The number of hydrogen-bond acceptors (Lipinski definition) is 7. The van der Waals surface area contributed by atoms with Crippen molar-refractivity contribution in [1.29, 1.82) is 0 Å². The molecule has 0 aliphatic carbocycles. The lowest BCUT2D eigenvalue weighted by Crippen LogP contribution is -2.25. The lowest BCUT2D eigenvalue weighted by Gasteiger charge is -2.31. The van der Waals surface area contributed by atoms with E-state index in [9.17, 15) is 19.8 Å². The molecule has 0 unspecified atom stereocenters. The van der Waals surface area contributed by atoms with Crippen molar-refractivity contribution < 1.29 is 33.4 Å². The molecule has 0 aliphatic heterocycles. The lowest BCUT2D eigenvalue weighted by molar-refractivity contribution is -0.121. The zero-order chi connectivity index (χ0) is 70.3. The van der Waals surface area contributed by atoms with Gasteiger partial charge in [0.05, 0.1) is 0 Å². The van der Waals surface area contributed by atoms with Crippen molar-refractivity contribution in [3.05, 3.63) is 146 Å². The largest absolute Gasteiger partial charge is 0.530 e. The van der Waals surface area contributed by atoms with Crippen LogP contribution in [-0.2, 0) is 76.6 Å². The zero-order valence-electron chi connectivity index (χ0n) is 63.5. The highest BCUT2D eigenvalue weighted by Crippen LogP contribution is 2.51. The Morgan fingerprint density at radius 2 is 0.554 bits per heavy atom. The molecule has 0 saturated heterocycles. The van der Waals surface area contributed by atoms with E-state index in [1.807, 2.05) is 0 Å². The highest BCUT2D eigenvalue weighted by molar-refractivity contribution is 7.43. The molecule has 2 amide bonds. The van der Waals surface area contributed by atoms with Crippen LogP contribution in [-0.4, -0.2) is 35.1 Å². The van der Waals surface area contributed by atoms with E-state index >= 15 is 0 Å². The van der Waals surface area contributed by atoms with Crippen LogP contribution in [0.25, 0.3) is 0 Å². The zero-order valence-corrected chi connectivity index (χ0v) is 64.4. The summed E-state index contributed by atoms with van der Waals surface area (Å²) in [5.41, 5.74) is 12.0. The van der Waals surface area contributed by atoms with Gasteiger partial charge in [-0.2, -0.15) is 0 Å². The normalized spacial score (nSPS) is 13.2. The molecular formula is C82H127N2O7P. The van der Waals surface area contributed by atoms with E-state index in [-0.39, 0.29) is 66.0 Å². The molecule has 0 radical (unpaired) electrons. The van der Waals surface area contributed by atoms with E-state index < -0.39 is 8.60 Å². The lowest BCUT2D eigenvalue weighted by atomic mass is 9.78. The van der Waals surface area contributed by atoms with E-state index in [0.29, 0.717) is 50.3 Å². The quantitative estimate of drug-likeness (QED) is 0.0479. The SMILES string of the molecule is CC(C)(C)c1cc(CCC(=O)NCCCCCCNC(=O)CCc2cc(C(C)(C)C)c(O)c(C(C)(C)C)c2)cc(C(C)(C)C)c1O.CC(C)(C)c1ccc(OP(Oc2ccc(C(C)(C)C)cc2C(C)(C)C)Oc2ccc(C(C)(C)C)cc2C(C)(C)C)c(C(C)(C)C)c1. The molecule has 0 aliphatic rings. The number of phenolic OH excluding ortho intramolecular Hbond substituents is 2. The molecule has 5 aromatic rings. The number of phenols is 2. The van der Waals surface area contributed by atoms with Gasteiger partial charge < -0.3 is 34.4 Å². The number of benzene rings is 5. The van der Waals surface area contributed by atoms with Gasteiger partial charge in [0.15, 0.2) is 0 Å². The highest BCUT2D eigenvalue weighted by Gasteiger charge is 2.34. The molecule has 0 saturated carbocycles. The van der Waals surface area contributed by atoms with Gasteiger partial charge >= 0.3 is 8.60 Å². The van der Waals surface area contributed by atoms with Crippen LogP contribution in [0.4, 0.5) is 0 Å². The van der Waals surface area contributed by atoms with Gasteiger partial charge in [0.2, 0.25) is 11.8 Å². The van der Waals surface area contributed by atoms with Crippen molar-refractivity contribution >= 4 is 20.4 Å². The Morgan fingerprint density at radius 3 is 0.761 bits per heavy atom. The number of amides is 2. The van der Waals surface area contributed by atoms with Crippen molar-refractivity contribution in [3.63, 3.8) is 0 Å². The fourth-order valence-corrected chi connectivity index (χ4v) is 12.1. The maximum atomic E-state index is 12.6. The molecule has 0 aromatic heterocycles. The molecule has 0 fully saturated rings. The van der Waals surface area contributed by atoms with Gasteiger partial charge in [-0.15, -0.1) is 0 Å². The molecule has 10 heteroatoms. The molecule has 5 aromatic carbocycles. The van der Waals surface area contributed by atoms with E-state index in [0.717, 1.165) is 93.0 Å². The predicted octanol–water partition coefficient (Wildman–Crippen LogP) is 21.9. The maximum absolute atomic E-state index is 12.6. The van der Waals surface area contributed by atoms with E-state index in [4.69, 9.17) is 13.6 Å². The number of unbranched alkanes of at least 4 members (excludes halogenated alkanes) is 3. The van der Waals surface area contributed by atoms with Gasteiger partial charge in [-0.3, -0.25) is 9.59 Å². The van der Waals surface area contributed by atoms with Crippen LogP contribution in [0.5, 0.6) is 28.7 Å². The van der Waals surface area contributed by atoms with E-state index in [1.54, 1.807) is 0 Å². The third-order valence-corrected chi connectivity index (χ3v) is 18.1. The first-order chi connectivity index (χ1) is 41.6. The predicted molar refractivity (Wildman–Crippen MR) is 392 cm³/mol. The second-order valence-corrected chi connectivity index (χ2v) is 37.3.